The predicted molar refractivity (Wildman–Crippen MR) is 170 cm³/mol. The third-order valence-corrected chi connectivity index (χ3v) is 7.68. The van der Waals surface area contributed by atoms with Gasteiger partial charge in [-0.05, 0) is 45.7 Å². The van der Waals surface area contributed by atoms with Gasteiger partial charge in [0.15, 0.2) is 6.61 Å². The van der Waals surface area contributed by atoms with Crippen LogP contribution < -0.4 is 5.32 Å². The summed E-state index contributed by atoms with van der Waals surface area (Å²) in [6.45, 7) is -0.511. The molecule has 0 fully saturated rings. The number of carbonyl (C=O) groups excluding carboxylic acids is 3. The lowest BCUT2D eigenvalue weighted by Gasteiger charge is -2.23. The van der Waals surface area contributed by atoms with Crippen molar-refractivity contribution in [3.8, 4) is 0 Å². The largest absolute Gasteiger partial charge is 0.454 e. The SMILES string of the molecule is O=C(N[C@H](Cc1ccccc1)C(=O)OCC(=O)N1N=C(c2ccc3ccccc3c2)C[C@H]1c1ccccc1)c1ccccc1. The molecule has 0 aliphatic carbocycles. The maximum Gasteiger partial charge on any atom is 0.329 e. The average molecular weight is 582 g/mol. The summed E-state index contributed by atoms with van der Waals surface area (Å²) >= 11 is 0. The van der Waals surface area contributed by atoms with Gasteiger partial charge < -0.3 is 10.1 Å². The van der Waals surface area contributed by atoms with Crippen LogP contribution >= 0.6 is 0 Å². The Morgan fingerprint density at radius 2 is 1.41 bits per heavy atom. The van der Waals surface area contributed by atoms with Gasteiger partial charge in [0.25, 0.3) is 11.8 Å². The van der Waals surface area contributed by atoms with Crippen molar-refractivity contribution < 1.29 is 19.1 Å². The number of carbonyl (C=O) groups is 3. The molecule has 0 spiro atoms. The Balaban J connectivity index is 1.20. The van der Waals surface area contributed by atoms with Crippen LogP contribution in [-0.2, 0) is 20.7 Å². The first-order valence-corrected chi connectivity index (χ1v) is 14.6. The van der Waals surface area contributed by atoms with Gasteiger partial charge >= 0.3 is 5.97 Å². The van der Waals surface area contributed by atoms with Crippen molar-refractivity contribution in [3.63, 3.8) is 0 Å². The summed E-state index contributed by atoms with van der Waals surface area (Å²) in [5.74, 6) is -1.54. The lowest BCUT2D eigenvalue weighted by molar-refractivity contribution is -0.154. The van der Waals surface area contributed by atoms with Crippen LogP contribution in [0, 0.1) is 0 Å². The molecule has 0 radical (unpaired) electrons. The van der Waals surface area contributed by atoms with E-state index in [-0.39, 0.29) is 12.5 Å². The Morgan fingerprint density at radius 3 is 2.14 bits per heavy atom. The molecule has 5 aromatic rings. The minimum Gasteiger partial charge on any atom is -0.454 e. The maximum atomic E-state index is 13.6. The zero-order valence-electron chi connectivity index (χ0n) is 24.0. The van der Waals surface area contributed by atoms with E-state index in [9.17, 15) is 14.4 Å². The average Bonchev–Trinajstić information content (AvgIpc) is 3.54. The highest BCUT2D eigenvalue weighted by atomic mass is 16.5. The second kappa shape index (κ2) is 13.2. The highest BCUT2D eigenvalue weighted by Crippen LogP contribution is 2.33. The standard InChI is InChI=1S/C37H31N3O4/c41-35(25-44-37(43)33(22-26-12-4-1-5-13-26)38-36(42)29-17-8-3-9-18-29)40-34(28-15-6-2-7-16-28)24-32(39-40)31-21-20-27-14-10-11-19-30(27)23-31/h1-21,23,33-34H,22,24-25H2,(H,38,42)/t33-,34+/m1/s1. The molecule has 218 valence electrons. The minimum absolute atomic E-state index is 0.215. The summed E-state index contributed by atoms with van der Waals surface area (Å²) in [5, 5.41) is 11.2. The normalized spacial score (nSPS) is 15.0. The Morgan fingerprint density at radius 1 is 0.773 bits per heavy atom. The molecule has 2 amide bonds. The topological polar surface area (TPSA) is 88.1 Å². The third-order valence-electron chi connectivity index (χ3n) is 7.68. The van der Waals surface area contributed by atoms with Gasteiger partial charge in [-0.1, -0.05) is 115 Å². The van der Waals surface area contributed by atoms with Gasteiger partial charge in [0.05, 0.1) is 11.8 Å². The van der Waals surface area contributed by atoms with E-state index in [0.717, 1.165) is 33.2 Å². The first-order valence-electron chi connectivity index (χ1n) is 14.6. The van der Waals surface area contributed by atoms with Crippen LogP contribution in [-0.4, -0.2) is 41.2 Å². The van der Waals surface area contributed by atoms with Gasteiger partial charge in [0.2, 0.25) is 0 Å². The third kappa shape index (κ3) is 6.57. The van der Waals surface area contributed by atoms with Gasteiger partial charge in [-0.15, -0.1) is 0 Å². The Kier molecular flexibility index (Phi) is 8.55. The number of nitrogens with one attached hydrogen (secondary N) is 1. The molecule has 7 nitrogen and oxygen atoms in total. The number of benzene rings is 5. The lowest BCUT2D eigenvalue weighted by atomic mass is 9.97. The first kappa shape index (κ1) is 28.6. The minimum atomic E-state index is -0.988. The monoisotopic (exact) mass is 581 g/mol. The summed E-state index contributed by atoms with van der Waals surface area (Å²) in [7, 11) is 0. The van der Waals surface area contributed by atoms with Crippen molar-refractivity contribution in [1.29, 1.82) is 0 Å². The second-order valence-electron chi connectivity index (χ2n) is 10.7. The van der Waals surface area contributed by atoms with Crippen molar-refractivity contribution in [2.24, 2.45) is 5.10 Å². The molecule has 0 bridgehead atoms. The number of hydrazone groups is 1. The number of nitrogens with zero attached hydrogens (tertiary/aromatic N) is 2. The molecular formula is C37H31N3O4. The summed E-state index contributed by atoms with van der Waals surface area (Å²) in [6.07, 6.45) is 0.735. The second-order valence-corrected chi connectivity index (χ2v) is 10.7. The predicted octanol–water partition coefficient (Wildman–Crippen LogP) is 6.10. The smallest absolute Gasteiger partial charge is 0.329 e. The van der Waals surface area contributed by atoms with Crippen LogP contribution in [0.2, 0.25) is 0 Å². The van der Waals surface area contributed by atoms with E-state index in [1.165, 1.54) is 5.01 Å². The molecule has 1 aliphatic rings. The number of fused-ring (bicyclic) bond motifs is 1. The van der Waals surface area contributed by atoms with Crippen molar-refractivity contribution in [3.05, 3.63) is 156 Å². The van der Waals surface area contributed by atoms with Crippen LogP contribution in [0.5, 0.6) is 0 Å². The van der Waals surface area contributed by atoms with Crippen LogP contribution in [0.3, 0.4) is 0 Å². The van der Waals surface area contributed by atoms with Crippen LogP contribution in [0.1, 0.15) is 39.5 Å². The van der Waals surface area contributed by atoms with E-state index in [0.29, 0.717) is 12.0 Å². The highest BCUT2D eigenvalue weighted by Gasteiger charge is 2.34. The Labute approximate surface area is 255 Å². The molecular weight excluding hydrogens is 550 g/mol. The lowest BCUT2D eigenvalue weighted by Crippen LogP contribution is -2.44. The fourth-order valence-corrected chi connectivity index (χ4v) is 5.39. The van der Waals surface area contributed by atoms with Gasteiger partial charge in [-0.25, -0.2) is 9.80 Å². The maximum absolute atomic E-state index is 13.6. The molecule has 44 heavy (non-hydrogen) atoms. The number of esters is 1. The van der Waals surface area contributed by atoms with Gasteiger partial charge in [-0.2, -0.15) is 5.10 Å². The number of hydrogen-bond acceptors (Lipinski definition) is 5. The van der Waals surface area contributed by atoms with Gasteiger partial charge in [0, 0.05) is 18.4 Å². The fraction of sp³-hybridized carbons (Fsp3) is 0.135. The molecule has 1 aliphatic heterocycles. The molecule has 0 unspecified atom stereocenters. The number of ether oxygens (including phenoxy) is 1. The molecule has 1 N–H and O–H groups in total. The Bertz CT molecular complexity index is 1810. The molecule has 5 aromatic carbocycles. The molecule has 2 atom stereocenters. The molecule has 6 rings (SSSR count). The zero-order valence-corrected chi connectivity index (χ0v) is 24.0. The van der Waals surface area contributed by atoms with Gasteiger partial charge in [-0.3, -0.25) is 9.59 Å². The van der Waals surface area contributed by atoms with Crippen molar-refractivity contribution in [2.45, 2.75) is 24.9 Å². The molecule has 7 heteroatoms. The quantitative estimate of drug-likeness (QED) is 0.213. The van der Waals surface area contributed by atoms with E-state index >= 15 is 0 Å². The summed E-state index contributed by atoms with van der Waals surface area (Å²) in [6, 6.07) is 40.6. The fourth-order valence-electron chi connectivity index (χ4n) is 5.39. The number of hydrogen-bond donors (Lipinski definition) is 1. The van der Waals surface area contributed by atoms with Crippen molar-refractivity contribution in [2.75, 3.05) is 6.61 Å². The summed E-state index contributed by atoms with van der Waals surface area (Å²) in [5.41, 5.74) is 3.92. The number of rotatable bonds is 9. The summed E-state index contributed by atoms with van der Waals surface area (Å²) in [4.78, 5) is 39.9. The molecule has 0 saturated carbocycles. The molecule has 1 heterocycles. The van der Waals surface area contributed by atoms with E-state index in [2.05, 4.69) is 17.4 Å². The number of amides is 2. The van der Waals surface area contributed by atoms with Crippen LogP contribution in [0.15, 0.2) is 139 Å². The molecule has 0 aromatic heterocycles. The van der Waals surface area contributed by atoms with Crippen LogP contribution in [0.4, 0.5) is 0 Å². The Hall–Kier alpha value is -5.56. The van der Waals surface area contributed by atoms with Crippen molar-refractivity contribution in [1.82, 2.24) is 10.3 Å². The highest BCUT2D eigenvalue weighted by molar-refractivity contribution is 6.05. The van der Waals surface area contributed by atoms with E-state index in [4.69, 9.17) is 9.84 Å². The van der Waals surface area contributed by atoms with Gasteiger partial charge in [0.1, 0.15) is 6.04 Å². The first-order chi connectivity index (χ1) is 21.5. The zero-order chi connectivity index (χ0) is 30.3. The molecule has 0 saturated heterocycles. The van der Waals surface area contributed by atoms with E-state index in [1.54, 1.807) is 24.3 Å². The summed E-state index contributed by atoms with van der Waals surface area (Å²) < 4.78 is 5.56. The van der Waals surface area contributed by atoms with E-state index in [1.807, 2.05) is 97.1 Å². The van der Waals surface area contributed by atoms with E-state index < -0.39 is 30.4 Å². The van der Waals surface area contributed by atoms with Crippen LogP contribution in [0.25, 0.3) is 10.8 Å². The van der Waals surface area contributed by atoms with Crippen molar-refractivity contribution >= 4 is 34.3 Å².